The minimum atomic E-state index is -0.788. The molecular formula is C15H15F2N2O+. The highest BCUT2D eigenvalue weighted by Gasteiger charge is 2.15. The molecule has 0 fully saturated rings. The summed E-state index contributed by atoms with van der Waals surface area (Å²) in [7, 11) is 0. The van der Waals surface area contributed by atoms with Crippen LogP contribution in [0, 0.1) is 25.5 Å². The van der Waals surface area contributed by atoms with Gasteiger partial charge in [-0.2, -0.15) is 4.57 Å². The first-order chi connectivity index (χ1) is 9.47. The van der Waals surface area contributed by atoms with E-state index in [1.165, 1.54) is 6.07 Å². The molecule has 1 heterocycles. The van der Waals surface area contributed by atoms with Crippen molar-refractivity contribution in [3.63, 3.8) is 0 Å². The number of hydrogen-bond donors (Lipinski definition) is 1. The van der Waals surface area contributed by atoms with E-state index in [0.717, 1.165) is 23.4 Å². The van der Waals surface area contributed by atoms with E-state index >= 15 is 0 Å². The fourth-order valence-electron chi connectivity index (χ4n) is 1.86. The molecule has 20 heavy (non-hydrogen) atoms. The van der Waals surface area contributed by atoms with Crippen molar-refractivity contribution in [3.05, 3.63) is 59.4 Å². The molecule has 1 N–H and O–H groups in total. The largest absolute Gasteiger partial charge is 0.318 e. The lowest BCUT2D eigenvalue weighted by Crippen LogP contribution is -2.43. The van der Waals surface area contributed by atoms with Gasteiger partial charge in [0.2, 0.25) is 6.54 Å². The predicted octanol–water partition coefficient (Wildman–Crippen LogP) is 2.51. The number of amides is 1. The van der Waals surface area contributed by atoms with Crippen molar-refractivity contribution in [2.45, 2.75) is 20.4 Å². The Morgan fingerprint density at radius 2 is 2.00 bits per heavy atom. The molecule has 2 aromatic rings. The average Bonchev–Trinajstić information content (AvgIpc) is 2.38. The summed E-state index contributed by atoms with van der Waals surface area (Å²) in [5.74, 6) is -1.83. The van der Waals surface area contributed by atoms with Gasteiger partial charge in [-0.3, -0.25) is 4.79 Å². The maximum atomic E-state index is 13.4. The van der Waals surface area contributed by atoms with Crippen LogP contribution >= 0.6 is 0 Å². The van der Waals surface area contributed by atoms with Crippen LogP contribution in [0.25, 0.3) is 0 Å². The minimum Gasteiger partial charge on any atom is -0.318 e. The third-order valence-electron chi connectivity index (χ3n) is 3.13. The van der Waals surface area contributed by atoms with E-state index in [2.05, 4.69) is 5.32 Å². The van der Waals surface area contributed by atoms with Crippen LogP contribution in [0.4, 0.5) is 14.5 Å². The zero-order valence-electron chi connectivity index (χ0n) is 11.3. The standard InChI is InChI=1S/C15H14F2N2O/c1-10-4-3-7-19(11(10)2)9-15(20)18-14-6-5-12(16)8-13(14)17/h3-8H,9H2,1-2H3/p+1. The number of nitrogens with zero attached hydrogens (tertiary/aromatic N) is 1. The average molecular weight is 277 g/mol. The number of aryl methyl sites for hydroxylation is 1. The summed E-state index contributed by atoms with van der Waals surface area (Å²) in [5.41, 5.74) is 2.00. The van der Waals surface area contributed by atoms with E-state index in [9.17, 15) is 13.6 Å². The van der Waals surface area contributed by atoms with Crippen LogP contribution in [0.15, 0.2) is 36.5 Å². The Balaban J connectivity index is 2.11. The van der Waals surface area contributed by atoms with Crippen LogP contribution in [0.1, 0.15) is 11.3 Å². The number of nitrogens with one attached hydrogen (secondary N) is 1. The first-order valence-electron chi connectivity index (χ1n) is 6.18. The number of anilines is 1. The van der Waals surface area contributed by atoms with Crippen molar-refractivity contribution in [2.24, 2.45) is 0 Å². The molecule has 0 aliphatic rings. The molecule has 0 aliphatic carbocycles. The number of hydrogen-bond acceptors (Lipinski definition) is 1. The number of aromatic nitrogens is 1. The van der Waals surface area contributed by atoms with E-state index in [-0.39, 0.29) is 18.1 Å². The van der Waals surface area contributed by atoms with Crippen LogP contribution in [-0.2, 0) is 11.3 Å². The van der Waals surface area contributed by atoms with Crippen LogP contribution in [0.2, 0.25) is 0 Å². The Morgan fingerprint density at radius 1 is 1.25 bits per heavy atom. The van der Waals surface area contributed by atoms with Gasteiger partial charge in [-0.15, -0.1) is 0 Å². The molecule has 0 aliphatic heterocycles. The topological polar surface area (TPSA) is 33.0 Å². The number of halogens is 2. The minimum absolute atomic E-state index is 0.0256. The smallest absolute Gasteiger partial charge is 0.290 e. The molecule has 0 saturated heterocycles. The highest BCUT2D eigenvalue weighted by atomic mass is 19.1. The van der Waals surface area contributed by atoms with Gasteiger partial charge in [-0.1, -0.05) is 0 Å². The molecule has 0 saturated carbocycles. The van der Waals surface area contributed by atoms with Crippen molar-refractivity contribution in [1.82, 2.24) is 0 Å². The zero-order valence-corrected chi connectivity index (χ0v) is 11.3. The highest BCUT2D eigenvalue weighted by Crippen LogP contribution is 2.14. The molecule has 0 radical (unpaired) electrons. The lowest BCUT2D eigenvalue weighted by atomic mass is 10.2. The van der Waals surface area contributed by atoms with Crippen LogP contribution in [0.5, 0.6) is 0 Å². The van der Waals surface area contributed by atoms with E-state index < -0.39 is 11.6 Å². The van der Waals surface area contributed by atoms with Crippen LogP contribution in [-0.4, -0.2) is 5.91 Å². The fourth-order valence-corrected chi connectivity index (χ4v) is 1.86. The van der Waals surface area contributed by atoms with Gasteiger partial charge in [0.05, 0.1) is 5.69 Å². The maximum absolute atomic E-state index is 13.4. The molecule has 1 aromatic heterocycles. The number of benzene rings is 1. The van der Waals surface area contributed by atoms with E-state index in [4.69, 9.17) is 0 Å². The maximum Gasteiger partial charge on any atom is 0.290 e. The first-order valence-corrected chi connectivity index (χ1v) is 6.18. The van der Waals surface area contributed by atoms with E-state index in [1.54, 1.807) is 10.8 Å². The SMILES string of the molecule is Cc1ccc[n+](CC(=O)Nc2ccc(F)cc2F)c1C. The molecule has 0 bridgehead atoms. The van der Waals surface area contributed by atoms with Crippen molar-refractivity contribution < 1.29 is 18.1 Å². The van der Waals surface area contributed by atoms with E-state index in [1.807, 2.05) is 26.0 Å². The van der Waals surface area contributed by atoms with Gasteiger partial charge in [-0.05, 0) is 25.1 Å². The number of carbonyl (C=O) groups is 1. The molecule has 1 amide bonds. The first kappa shape index (κ1) is 14.1. The summed E-state index contributed by atoms with van der Waals surface area (Å²) in [6.45, 7) is 3.93. The molecule has 0 atom stereocenters. The Morgan fingerprint density at radius 3 is 2.70 bits per heavy atom. The monoisotopic (exact) mass is 277 g/mol. The molecule has 3 nitrogen and oxygen atoms in total. The summed E-state index contributed by atoms with van der Waals surface area (Å²) < 4.78 is 28.0. The second-order valence-corrected chi connectivity index (χ2v) is 4.58. The van der Waals surface area contributed by atoms with Gasteiger partial charge in [0.25, 0.3) is 5.91 Å². The fraction of sp³-hybridized carbons (Fsp3) is 0.200. The molecule has 0 unspecified atom stereocenters. The highest BCUT2D eigenvalue weighted by molar-refractivity contribution is 5.89. The Hall–Kier alpha value is -2.30. The molecular weight excluding hydrogens is 262 g/mol. The molecule has 1 aromatic carbocycles. The van der Waals surface area contributed by atoms with Crippen molar-refractivity contribution in [2.75, 3.05) is 5.32 Å². The van der Waals surface area contributed by atoms with Gasteiger partial charge >= 0.3 is 0 Å². The Labute approximate surface area is 115 Å². The molecule has 5 heteroatoms. The van der Waals surface area contributed by atoms with Crippen LogP contribution < -0.4 is 9.88 Å². The van der Waals surface area contributed by atoms with Crippen molar-refractivity contribution in [3.8, 4) is 0 Å². The van der Waals surface area contributed by atoms with E-state index in [0.29, 0.717) is 0 Å². The van der Waals surface area contributed by atoms with Gasteiger partial charge in [0.1, 0.15) is 11.6 Å². The van der Waals surface area contributed by atoms with Gasteiger partial charge < -0.3 is 5.32 Å². The third-order valence-corrected chi connectivity index (χ3v) is 3.13. The summed E-state index contributed by atoms with van der Waals surface area (Å²) in [6, 6.07) is 6.83. The summed E-state index contributed by atoms with van der Waals surface area (Å²) in [6.07, 6.45) is 1.78. The Bertz CT molecular complexity index is 656. The van der Waals surface area contributed by atoms with Gasteiger partial charge in [0.15, 0.2) is 11.9 Å². The normalized spacial score (nSPS) is 10.4. The summed E-state index contributed by atoms with van der Waals surface area (Å²) in [4.78, 5) is 11.9. The van der Waals surface area contributed by atoms with Crippen molar-refractivity contribution >= 4 is 11.6 Å². The predicted molar refractivity (Wildman–Crippen MR) is 71.1 cm³/mol. The molecule has 104 valence electrons. The third kappa shape index (κ3) is 3.17. The van der Waals surface area contributed by atoms with Crippen LogP contribution in [0.3, 0.4) is 0 Å². The zero-order chi connectivity index (χ0) is 14.7. The lowest BCUT2D eigenvalue weighted by Gasteiger charge is -2.06. The number of pyridine rings is 1. The second-order valence-electron chi connectivity index (χ2n) is 4.58. The number of rotatable bonds is 3. The van der Waals surface area contributed by atoms with Gasteiger partial charge in [-0.25, -0.2) is 8.78 Å². The van der Waals surface area contributed by atoms with Crippen molar-refractivity contribution in [1.29, 1.82) is 0 Å². The number of carbonyl (C=O) groups excluding carboxylic acids is 1. The lowest BCUT2D eigenvalue weighted by molar-refractivity contribution is -0.690. The Kier molecular flexibility index (Phi) is 4.08. The summed E-state index contributed by atoms with van der Waals surface area (Å²) >= 11 is 0. The van der Waals surface area contributed by atoms with Gasteiger partial charge in [0, 0.05) is 24.6 Å². The second kappa shape index (κ2) is 5.77. The summed E-state index contributed by atoms with van der Waals surface area (Å²) in [5, 5.41) is 2.43. The quantitative estimate of drug-likeness (QED) is 0.859. The molecule has 0 spiro atoms. The molecule has 2 rings (SSSR count).